The zero-order valence-electron chi connectivity index (χ0n) is 7.41. The smallest absolute Gasteiger partial charge is 0.0271 e. The van der Waals surface area contributed by atoms with Crippen LogP contribution in [0.25, 0.3) is 0 Å². The normalized spacial score (nSPS) is 13.1. The minimum Gasteiger partial charge on any atom is -0.313 e. The minimum atomic E-state index is 0.528. The van der Waals surface area contributed by atoms with Gasteiger partial charge in [-0.25, -0.2) is 0 Å². The molecule has 1 nitrogen and oxygen atoms in total. The monoisotopic (exact) mass is 141 g/mol. The van der Waals surface area contributed by atoms with E-state index in [4.69, 9.17) is 0 Å². The minimum absolute atomic E-state index is 0.528. The summed E-state index contributed by atoms with van der Waals surface area (Å²) in [6.45, 7) is 8.21. The lowest BCUT2D eigenvalue weighted by Crippen LogP contribution is -2.25. The van der Waals surface area contributed by atoms with Gasteiger partial charge in [-0.1, -0.05) is 31.9 Å². The van der Waals surface area contributed by atoms with Gasteiger partial charge >= 0.3 is 0 Å². The molecule has 0 aliphatic carbocycles. The lowest BCUT2D eigenvalue weighted by atomic mass is 10.0. The van der Waals surface area contributed by atoms with Crippen molar-refractivity contribution in [2.75, 3.05) is 7.05 Å². The van der Waals surface area contributed by atoms with E-state index >= 15 is 0 Å². The third-order valence-corrected chi connectivity index (χ3v) is 1.79. The second kappa shape index (κ2) is 5.48. The molecule has 0 heterocycles. The van der Waals surface area contributed by atoms with Gasteiger partial charge in [0.2, 0.25) is 0 Å². The van der Waals surface area contributed by atoms with Crippen LogP contribution in [-0.2, 0) is 0 Å². The summed E-state index contributed by atoms with van der Waals surface area (Å²) in [5.41, 5.74) is 1.25. The molecular formula is C9H19N. The van der Waals surface area contributed by atoms with Gasteiger partial charge in [-0.15, -0.1) is 0 Å². The highest BCUT2D eigenvalue weighted by Gasteiger charge is 2.03. The molecule has 1 N–H and O–H groups in total. The van der Waals surface area contributed by atoms with Crippen molar-refractivity contribution in [3.63, 3.8) is 0 Å². The van der Waals surface area contributed by atoms with Crippen molar-refractivity contribution in [1.82, 2.24) is 5.32 Å². The van der Waals surface area contributed by atoms with Gasteiger partial charge in [-0.3, -0.25) is 0 Å². The van der Waals surface area contributed by atoms with Gasteiger partial charge in [0.25, 0.3) is 0 Å². The maximum Gasteiger partial charge on any atom is 0.0271 e. The SMILES string of the molecule is C=C(C)[C@H](CCCC)NC. The Morgan fingerprint density at radius 3 is 2.50 bits per heavy atom. The molecule has 0 fully saturated rings. The number of likely N-dealkylation sites (N-methyl/N-ethyl adjacent to an activating group) is 1. The van der Waals surface area contributed by atoms with Crippen LogP contribution in [0.5, 0.6) is 0 Å². The summed E-state index contributed by atoms with van der Waals surface area (Å²) in [5.74, 6) is 0. The highest BCUT2D eigenvalue weighted by molar-refractivity contribution is 5.00. The van der Waals surface area contributed by atoms with Crippen LogP contribution in [-0.4, -0.2) is 13.1 Å². The van der Waals surface area contributed by atoms with E-state index in [0.717, 1.165) is 0 Å². The Balaban J connectivity index is 3.50. The maximum atomic E-state index is 3.92. The number of unbranched alkanes of at least 4 members (excludes halogenated alkanes) is 1. The molecule has 0 radical (unpaired) electrons. The summed E-state index contributed by atoms with van der Waals surface area (Å²) in [7, 11) is 2.00. The zero-order valence-corrected chi connectivity index (χ0v) is 7.41. The van der Waals surface area contributed by atoms with Gasteiger partial charge in [-0.2, -0.15) is 0 Å². The Hall–Kier alpha value is -0.300. The fraction of sp³-hybridized carbons (Fsp3) is 0.778. The number of hydrogen-bond donors (Lipinski definition) is 1. The molecule has 0 rings (SSSR count). The molecule has 0 amide bonds. The summed E-state index contributed by atoms with van der Waals surface area (Å²) in [4.78, 5) is 0. The Labute approximate surface area is 64.5 Å². The number of rotatable bonds is 5. The Morgan fingerprint density at radius 1 is 1.60 bits per heavy atom. The summed E-state index contributed by atoms with van der Waals surface area (Å²) in [6.07, 6.45) is 3.78. The zero-order chi connectivity index (χ0) is 7.98. The van der Waals surface area contributed by atoms with Crippen molar-refractivity contribution in [3.05, 3.63) is 12.2 Å². The van der Waals surface area contributed by atoms with Crippen molar-refractivity contribution >= 4 is 0 Å². The summed E-state index contributed by atoms with van der Waals surface area (Å²) in [6, 6.07) is 0.528. The van der Waals surface area contributed by atoms with Gasteiger partial charge in [-0.05, 0) is 20.4 Å². The Bertz CT molecular complexity index is 96.9. The predicted octanol–water partition coefficient (Wildman–Crippen LogP) is 2.34. The molecule has 10 heavy (non-hydrogen) atoms. The lowest BCUT2D eigenvalue weighted by molar-refractivity contribution is 0.558. The first kappa shape index (κ1) is 9.70. The fourth-order valence-corrected chi connectivity index (χ4v) is 1.05. The first-order valence-corrected chi connectivity index (χ1v) is 4.05. The van der Waals surface area contributed by atoms with Crippen LogP contribution in [0.3, 0.4) is 0 Å². The molecule has 1 atom stereocenters. The van der Waals surface area contributed by atoms with E-state index in [1.807, 2.05) is 7.05 Å². The molecule has 0 aliphatic heterocycles. The highest BCUT2D eigenvalue weighted by Crippen LogP contribution is 2.06. The third kappa shape index (κ3) is 3.67. The first-order chi connectivity index (χ1) is 4.72. The van der Waals surface area contributed by atoms with Crippen molar-refractivity contribution < 1.29 is 0 Å². The number of hydrogen-bond acceptors (Lipinski definition) is 1. The van der Waals surface area contributed by atoms with Crippen LogP contribution in [0.15, 0.2) is 12.2 Å². The molecule has 0 saturated carbocycles. The average Bonchev–Trinajstić information content (AvgIpc) is 1.89. The highest BCUT2D eigenvalue weighted by atomic mass is 14.9. The van der Waals surface area contributed by atoms with E-state index in [0.29, 0.717) is 6.04 Å². The molecule has 0 aromatic carbocycles. The molecule has 0 bridgehead atoms. The third-order valence-electron chi connectivity index (χ3n) is 1.79. The van der Waals surface area contributed by atoms with Crippen LogP contribution in [0.1, 0.15) is 33.1 Å². The Kier molecular flexibility index (Phi) is 5.32. The molecule has 0 spiro atoms. The topological polar surface area (TPSA) is 12.0 Å². The summed E-state index contributed by atoms with van der Waals surface area (Å²) < 4.78 is 0. The fourth-order valence-electron chi connectivity index (χ4n) is 1.05. The standard InChI is InChI=1S/C9H19N/c1-5-6-7-9(10-4)8(2)3/h9-10H,2,5-7H2,1,3-4H3/t9-/m0/s1. The molecular weight excluding hydrogens is 122 g/mol. The van der Waals surface area contributed by atoms with Gasteiger partial charge < -0.3 is 5.32 Å². The molecule has 0 aromatic heterocycles. The van der Waals surface area contributed by atoms with E-state index in [1.165, 1.54) is 24.8 Å². The Morgan fingerprint density at radius 2 is 2.20 bits per heavy atom. The molecule has 0 aliphatic rings. The van der Waals surface area contributed by atoms with Crippen LogP contribution >= 0.6 is 0 Å². The second-order valence-corrected chi connectivity index (χ2v) is 2.83. The van der Waals surface area contributed by atoms with Crippen molar-refractivity contribution in [1.29, 1.82) is 0 Å². The van der Waals surface area contributed by atoms with E-state index < -0.39 is 0 Å². The first-order valence-electron chi connectivity index (χ1n) is 4.05. The number of nitrogens with one attached hydrogen (secondary N) is 1. The van der Waals surface area contributed by atoms with Gasteiger partial charge in [0.1, 0.15) is 0 Å². The van der Waals surface area contributed by atoms with Gasteiger partial charge in [0.05, 0.1) is 0 Å². The van der Waals surface area contributed by atoms with E-state index in [1.54, 1.807) is 0 Å². The molecule has 1 heteroatoms. The van der Waals surface area contributed by atoms with E-state index in [2.05, 4.69) is 25.7 Å². The average molecular weight is 141 g/mol. The van der Waals surface area contributed by atoms with E-state index in [9.17, 15) is 0 Å². The largest absolute Gasteiger partial charge is 0.313 e. The summed E-state index contributed by atoms with van der Waals surface area (Å²) in [5, 5.41) is 3.24. The molecule has 60 valence electrons. The van der Waals surface area contributed by atoms with Crippen LogP contribution in [0, 0.1) is 0 Å². The van der Waals surface area contributed by atoms with Crippen molar-refractivity contribution in [2.24, 2.45) is 0 Å². The van der Waals surface area contributed by atoms with Crippen molar-refractivity contribution in [3.8, 4) is 0 Å². The molecule has 0 aromatic rings. The maximum absolute atomic E-state index is 3.92. The van der Waals surface area contributed by atoms with Gasteiger partial charge in [0, 0.05) is 6.04 Å². The quantitative estimate of drug-likeness (QED) is 0.579. The van der Waals surface area contributed by atoms with Crippen molar-refractivity contribution in [2.45, 2.75) is 39.2 Å². The second-order valence-electron chi connectivity index (χ2n) is 2.83. The molecule has 0 unspecified atom stereocenters. The van der Waals surface area contributed by atoms with Crippen LogP contribution in [0.4, 0.5) is 0 Å². The molecule has 0 saturated heterocycles. The van der Waals surface area contributed by atoms with E-state index in [-0.39, 0.29) is 0 Å². The lowest BCUT2D eigenvalue weighted by Gasteiger charge is -2.14. The van der Waals surface area contributed by atoms with Crippen LogP contribution in [0.2, 0.25) is 0 Å². The predicted molar refractivity (Wildman–Crippen MR) is 47.2 cm³/mol. The van der Waals surface area contributed by atoms with Gasteiger partial charge in [0.15, 0.2) is 0 Å². The summed E-state index contributed by atoms with van der Waals surface area (Å²) >= 11 is 0. The van der Waals surface area contributed by atoms with Crippen LogP contribution < -0.4 is 5.32 Å².